The second-order valence-electron chi connectivity index (χ2n) is 8.83. The summed E-state index contributed by atoms with van der Waals surface area (Å²) in [6.07, 6.45) is 6.36. The highest BCUT2D eigenvalue weighted by Crippen LogP contribution is 2.47. The lowest BCUT2D eigenvalue weighted by Crippen LogP contribution is -2.29. The van der Waals surface area contributed by atoms with Crippen molar-refractivity contribution in [3.63, 3.8) is 0 Å². The first-order valence-corrected chi connectivity index (χ1v) is 10.4. The zero-order chi connectivity index (χ0) is 20.9. The number of carboxylic acids is 1. The highest BCUT2D eigenvalue weighted by molar-refractivity contribution is 5.66. The van der Waals surface area contributed by atoms with Gasteiger partial charge in [-0.05, 0) is 30.8 Å². The van der Waals surface area contributed by atoms with E-state index in [-0.39, 0.29) is 23.7 Å². The van der Waals surface area contributed by atoms with Gasteiger partial charge in [0.2, 0.25) is 0 Å². The SMILES string of the molecule is CCCCC(C)(C)[C@H](O)/C=C/[C@@H]1[C@@H]2[C@H](C[C@H]1O)O/C(=C\CCCC(=O)O)[C@@H]2F. The fourth-order valence-electron chi connectivity index (χ4n) is 4.19. The Kier molecular flexibility index (Phi) is 8.07. The van der Waals surface area contributed by atoms with Crippen molar-refractivity contribution in [1.29, 1.82) is 0 Å². The number of aliphatic carboxylic acids is 1. The van der Waals surface area contributed by atoms with Gasteiger partial charge in [0, 0.05) is 24.7 Å². The van der Waals surface area contributed by atoms with Crippen LogP contribution in [-0.4, -0.2) is 45.8 Å². The number of hydrogen-bond acceptors (Lipinski definition) is 4. The molecule has 0 amide bonds. The average molecular weight is 399 g/mol. The molecule has 1 aliphatic carbocycles. The molecule has 2 fully saturated rings. The van der Waals surface area contributed by atoms with Crippen LogP contribution in [0.4, 0.5) is 4.39 Å². The third-order valence-corrected chi connectivity index (χ3v) is 6.12. The molecule has 0 spiro atoms. The van der Waals surface area contributed by atoms with Crippen LogP contribution in [0.1, 0.15) is 65.7 Å². The Balaban J connectivity index is 2.00. The molecule has 0 radical (unpaired) electrons. The molecule has 1 aliphatic heterocycles. The predicted molar refractivity (Wildman–Crippen MR) is 105 cm³/mol. The molecule has 0 aromatic rings. The maximum Gasteiger partial charge on any atom is 0.303 e. The molecule has 1 saturated carbocycles. The summed E-state index contributed by atoms with van der Waals surface area (Å²) in [5, 5.41) is 29.6. The molecular formula is C22H35FO5. The molecular weight excluding hydrogens is 363 g/mol. The number of fused-ring (bicyclic) bond motifs is 1. The third-order valence-electron chi connectivity index (χ3n) is 6.12. The van der Waals surface area contributed by atoms with E-state index < -0.39 is 36.2 Å². The first-order valence-electron chi connectivity index (χ1n) is 10.4. The number of hydrogen-bond donors (Lipinski definition) is 3. The van der Waals surface area contributed by atoms with Gasteiger partial charge in [-0.3, -0.25) is 4.79 Å². The summed E-state index contributed by atoms with van der Waals surface area (Å²) >= 11 is 0. The second-order valence-corrected chi connectivity index (χ2v) is 8.83. The van der Waals surface area contributed by atoms with E-state index in [1.807, 2.05) is 13.8 Å². The van der Waals surface area contributed by atoms with Crippen LogP contribution in [0.2, 0.25) is 0 Å². The van der Waals surface area contributed by atoms with Crippen LogP contribution in [-0.2, 0) is 9.53 Å². The molecule has 160 valence electrons. The number of carboxylic acid groups (broad SMARTS) is 1. The third kappa shape index (κ3) is 5.57. The Morgan fingerprint density at radius 3 is 2.75 bits per heavy atom. The molecule has 0 aromatic heterocycles. The van der Waals surface area contributed by atoms with Gasteiger partial charge < -0.3 is 20.1 Å². The molecule has 0 unspecified atom stereocenters. The standard InChI is InChI=1S/C22H35FO5/c1-4-5-12-22(2,3)18(25)11-10-14-15(24)13-17-20(14)21(23)16(28-17)8-6-7-9-19(26)27/h8,10-11,14-15,17-18,20-21,24-25H,4-7,9,12-13H2,1-3H3,(H,26,27)/b11-10+,16-8-/t14-,15+,17-,18+,20+,21-/m0/s1. The molecule has 2 rings (SSSR count). The summed E-state index contributed by atoms with van der Waals surface area (Å²) in [4.78, 5) is 10.6. The van der Waals surface area contributed by atoms with Gasteiger partial charge in [-0.25, -0.2) is 4.39 Å². The topological polar surface area (TPSA) is 87.0 Å². The minimum absolute atomic E-state index is 0.0450. The molecule has 0 aromatic carbocycles. The van der Waals surface area contributed by atoms with Crippen molar-refractivity contribution in [1.82, 2.24) is 0 Å². The summed E-state index contributed by atoms with van der Waals surface area (Å²) < 4.78 is 20.7. The van der Waals surface area contributed by atoms with E-state index in [2.05, 4.69) is 6.92 Å². The molecule has 28 heavy (non-hydrogen) atoms. The quantitative estimate of drug-likeness (QED) is 0.383. The van der Waals surface area contributed by atoms with Gasteiger partial charge in [0.25, 0.3) is 0 Å². The lowest BCUT2D eigenvalue weighted by atomic mass is 9.80. The number of unbranched alkanes of at least 4 members (excludes halogenated alkanes) is 2. The first kappa shape index (κ1) is 22.9. The summed E-state index contributed by atoms with van der Waals surface area (Å²) in [6.45, 7) is 6.14. The van der Waals surface area contributed by atoms with Crippen molar-refractivity contribution >= 4 is 5.97 Å². The van der Waals surface area contributed by atoms with Gasteiger partial charge in [-0.1, -0.05) is 45.8 Å². The number of halogens is 1. The second kappa shape index (κ2) is 9.88. The predicted octanol–water partition coefficient (Wildman–Crippen LogP) is 3.99. The van der Waals surface area contributed by atoms with Gasteiger partial charge in [0.15, 0.2) is 6.17 Å². The van der Waals surface area contributed by atoms with Gasteiger partial charge in [0.1, 0.15) is 11.9 Å². The maximum absolute atomic E-state index is 15.0. The number of aliphatic hydroxyl groups is 2. The zero-order valence-corrected chi connectivity index (χ0v) is 17.2. The summed E-state index contributed by atoms with van der Waals surface area (Å²) in [5.74, 6) is -1.48. The van der Waals surface area contributed by atoms with Crippen LogP contribution in [0.15, 0.2) is 24.0 Å². The molecule has 6 atom stereocenters. The van der Waals surface area contributed by atoms with Crippen molar-refractivity contribution < 1.29 is 29.2 Å². The Morgan fingerprint density at radius 1 is 1.39 bits per heavy atom. The van der Waals surface area contributed by atoms with Gasteiger partial charge >= 0.3 is 5.97 Å². The lowest BCUT2D eigenvalue weighted by Gasteiger charge is -2.29. The number of ether oxygens (including phenoxy) is 1. The van der Waals surface area contributed by atoms with Crippen LogP contribution < -0.4 is 0 Å². The van der Waals surface area contributed by atoms with Crippen molar-refractivity contribution in [2.75, 3.05) is 0 Å². The van der Waals surface area contributed by atoms with Crippen LogP contribution in [0.25, 0.3) is 0 Å². The molecule has 2 aliphatic rings. The smallest absolute Gasteiger partial charge is 0.303 e. The molecule has 1 heterocycles. The molecule has 3 N–H and O–H groups in total. The van der Waals surface area contributed by atoms with Crippen LogP contribution in [0, 0.1) is 17.3 Å². The summed E-state index contributed by atoms with van der Waals surface area (Å²) in [7, 11) is 0. The van der Waals surface area contributed by atoms with E-state index in [0.29, 0.717) is 19.3 Å². The highest BCUT2D eigenvalue weighted by Gasteiger charge is 2.53. The first-order chi connectivity index (χ1) is 13.2. The summed E-state index contributed by atoms with van der Waals surface area (Å²) in [5.41, 5.74) is -0.272. The van der Waals surface area contributed by atoms with E-state index in [1.54, 1.807) is 18.2 Å². The molecule has 6 heteroatoms. The molecule has 5 nitrogen and oxygen atoms in total. The fourth-order valence-corrected chi connectivity index (χ4v) is 4.19. The van der Waals surface area contributed by atoms with E-state index in [4.69, 9.17) is 9.84 Å². The number of carbonyl (C=O) groups is 1. The minimum atomic E-state index is -1.31. The van der Waals surface area contributed by atoms with Crippen LogP contribution in [0.5, 0.6) is 0 Å². The number of allylic oxidation sites excluding steroid dienone is 2. The summed E-state index contributed by atoms with van der Waals surface area (Å²) in [6, 6.07) is 0. The van der Waals surface area contributed by atoms with Crippen LogP contribution in [0.3, 0.4) is 0 Å². The van der Waals surface area contributed by atoms with Gasteiger partial charge in [0.05, 0.1) is 12.2 Å². The zero-order valence-electron chi connectivity index (χ0n) is 17.2. The Labute approximate surface area is 167 Å². The van der Waals surface area contributed by atoms with E-state index in [1.165, 1.54) is 0 Å². The Morgan fingerprint density at radius 2 is 2.11 bits per heavy atom. The maximum atomic E-state index is 15.0. The average Bonchev–Trinajstić information content (AvgIpc) is 3.09. The van der Waals surface area contributed by atoms with E-state index >= 15 is 0 Å². The van der Waals surface area contributed by atoms with Crippen molar-refractivity contribution in [3.8, 4) is 0 Å². The Bertz CT molecular complexity index is 585. The normalized spacial score (nSPS) is 32.6. The van der Waals surface area contributed by atoms with Gasteiger partial charge in [-0.15, -0.1) is 0 Å². The van der Waals surface area contributed by atoms with Crippen molar-refractivity contribution in [2.45, 2.75) is 90.2 Å². The molecule has 1 saturated heterocycles. The van der Waals surface area contributed by atoms with Crippen molar-refractivity contribution in [3.05, 3.63) is 24.0 Å². The largest absolute Gasteiger partial charge is 0.491 e. The fraction of sp³-hybridized carbons (Fsp3) is 0.773. The highest BCUT2D eigenvalue weighted by atomic mass is 19.1. The number of rotatable bonds is 10. The Hall–Kier alpha value is -1.40. The van der Waals surface area contributed by atoms with Crippen molar-refractivity contribution in [2.24, 2.45) is 17.3 Å². The van der Waals surface area contributed by atoms with E-state index in [0.717, 1.165) is 19.3 Å². The van der Waals surface area contributed by atoms with E-state index in [9.17, 15) is 19.4 Å². The minimum Gasteiger partial charge on any atom is -0.491 e. The number of aliphatic hydroxyl groups excluding tert-OH is 2. The lowest BCUT2D eigenvalue weighted by molar-refractivity contribution is -0.137. The molecule has 0 bridgehead atoms. The van der Waals surface area contributed by atoms with Crippen LogP contribution >= 0.6 is 0 Å². The monoisotopic (exact) mass is 398 g/mol. The number of alkyl halides is 1. The van der Waals surface area contributed by atoms with Gasteiger partial charge in [-0.2, -0.15) is 0 Å².